The minimum absolute atomic E-state index is 0.0164. The lowest BCUT2D eigenvalue weighted by molar-refractivity contribution is -0.132. The first-order valence-electron chi connectivity index (χ1n) is 8.11. The molecule has 0 unspecified atom stereocenters. The van der Waals surface area contributed by atoms with Gasteiger partial charge in [-0.3, -0.25) is 4.79 Å². The topological polar surface area (TPSA) is 75.4 Å². The summed E-state index contributed by atoms with van der Waals surface area (Å²) in [7, 11) is 1.57. The molecule has 0 fully saturated rings. The Balaban J connectivity index is 2.14. The van der Waals surface area contributed by atoms with Crippen molar-refractivity contribution in [2.45, 2.75) is 25.4 Å². The van der Waals surface area contributed by atoms with Gasteiger partial charge in [-0.1, -0.05) is 36.4 Å². The molecule has 3 N–H and O–H groups in total. The number of benzene rings is 2. The van der Waals surface area contributed by atoms with Crippen LogP contribution in [0.25, 0.3) is 0 Å². The Morgan fingerprint density at radius 2 is 1.73 bits per heavy atom. The van der Waals surface area contributed by atoms with Crippen LogP contribution in [0.3, 0.4) is 0 Å². The molecule has 3 amide bonds. The molecule has 0 aliphatic rings. The van der Waals surface area contributed by atoms with E-state index in [2.05, 4.69) is 5.32 Å². The van der Waals surface area contributed by atoms with Crippen molar-refractivity contribution in [3.63, 3.8) is 0 Å². The molecule has 0 spiro atoms. The second kappa shape index (κ2) is 8.42. The Morgan fingerprint density at radius 1 is 1.08 bits per heavy atom. The highest BCUT2D eigenvalue weighted by molar-refractivity contribution is 5.79. The van der Waals surface area contributed by atoms with Gasteiger partial charge < -0.3 is 16.0 Å². The molecule has 2 rings (SSSR count). The van der Waals surface area contributed by atoms with E-state index >= 15 is 0 Å². The molecule has 0 saturated heterocycles. The lowest BCUT2D eigenvalue weighted by Crippen LogP contribution is -2.38. The third-order valence-corrected chi connectivity index (χ3v) is 4.30. The SMILES string of the molecule is C[C@H](c1ccc(F)c(F)c1)N(C)C(=O)C[C@@H](NC(N)=O)c1ccccc1. The zero-order chi connectivity index (χ0) is 19.3. The molecule has 5 nitrogen and oxygen atoms in total. The van der Waals surface area contributed by atoms with Crippen LogP contribution in [0.4, 0.5) is 13.6 Å². The Kier molecular flexibility index (Phi) is 6.27. The Bertz CT molecular complexity index is 784. The summed E-state index contributed by atoms with van der Waals surface area (Å²) in [4.78, 5) is 25.3. The number of rotatable bonds is 6. The standard InChI is InChI=1S/C19H21F2N3O2/c1-12(14-8-9-15(20)16(21)10-14)24(2)18(25)11-17(23-19(22)26)13-6-4-3-5-7-13/h3-10,12,17H,11H2,1-2H3,(H3,22,23,26)/t12-,17-/m1/s1. The summed E-state index contributed by atoms with van der Waals surface area (Å²) in [5.74, 6) is -2.18. The molecular formula is C19H21F2N3O2. The third kappa shape index (κ3) is 4.78. The van der Waals surface area contributed by atoms with Crippen LogP contribution in [0, 0.1) is 11.6 Å². The van der Waals surface area contributed by atoms with Crippen molar-refractivity contribution in [2.24, 2.45) is 5.73 Å². The van der Waals surface area contributed by atoms with Gasteiger partial charge in [-0.2, -0.15) is 0 Å². The maximum absolute atomic E-state index is 13.4. The number of nitrogens with two attached hydrogens (primary N) is 1. The fraction of sp³-hybridized carbons (Fsp3) is 0.263. The zero-order valence-corrected chi connectivity index (χ0v) is 14.6. The second-order valence-electron chi connectivity index (χ2n) is 6.03. The van der Waals surface area contributed by atoms with Crippen molar-refractivity contribution in [1.29, 1.82) is 0 Å². The van der Waals surface area contributed by atoms with Crippen LogP contribution < -0.4 is 11.1 Å². The normalized spacial score (nSPS) is 12.9. The minimum Gasteiger partial charge on any atom is -0.352 e. The maximum Gasteiger partial charge on any atom is 0.312 e. The van der Waals surface area contributed by atoms with Gasteiger partial charge in [-0.05, 0) is 30.2 Å². The number of halogens is 2. The predicted octanol–water partition coefficient (Wildman–Crippen LogP) is 3.28. The van der Waals surface area contributed by atoms with Crippen molar-refractivity contribution in [3.8, 4) is 0 Å². The number of amides is 3. The third-order valence-electron chi connectivity index (χ3n) is 4.30. The molecule has 0 radical (unpaired) electrons. The Morgan fingerprint density at radius 3 is 2.31 bits per heavy atom. The van der Waals surface area contributed by atoms with Gasteiger partial charge in [0.1, 0.15) is 0 Å². The average molecular weight is 361 g/mol. The first-order valence-corrected chi connectivity index (χ1v) is 8.11. The molecule has 7 heteroatoms. The molecule has 26 heavy (non-hydrogen) atoms. The summed E-state index contributed by atoms with van der Waals surface area (Å²) in [5, 5.41) is 2.56. The molecule has 0 aliphatic carbocycles. The summed E-state index contributed by atoms with van der Waals surface area (Å²) >= 11 is 0. The highest BCUT2D eigenvalue weighted by Crippen LogP contribution is 2.24. The van der Waals surface area contributed by atoms with Crippen LogP contribution in [0.1, 0.15) is 36.6 Å². The largest absolute Gasteiger partial charge is 0.352 e. The van der Waals surface area contributed by atoms with Crippen molar-refractivity contribution in [3.05, 3.63) is 71.3 Å². The van der Waals surface area contributed by atoms with Crippen LogP contribution in [0.5, 0.6) is 0 Å². The summed E-state index contributed by atoms with van der Waals surface area (Å²) in [5.41, 5.74) is 6.43. The number of urea groups is 1. The molecule has 0 saturated carbocycles. The van der Waals surface area contributed by atoms with E-state index in [1.54, 1.807) is 38.2 Å². The average Bonchev–Trinajstić information content (AvgIpc) is 2.62. The highest BCUT2D eigenvalue weighted by atomic mass is 19.2. The van der Waals surface area contributed by atoms with Gasteiger partial charge in [0.25, 0.3) is 0 Å². The number of carbonyl (C=O) groups is 2. The molecule has 0 aliphatic heterocycles. The van der Waals surface area contributed by atoms with E-state index in [1.807, 2.05) is 6.07 Å². The van der Waals surface area contributed by atoms with Crippen molar-refractivity contribution >= 4 is 11.9 Å². The van der Waals surface area contributed by atoms with E-state index < -0.39 is 29.7 Å². The number of nitrogens with one attached hydrogen (secondary N) is 1. The van der Waals surface area contributed by atoms with Gasteiger partial charge in [0, 0.05) is 7.05 Å². The number of hydrogen-bond acceptors (Lipinski definition) is 2. The van der Waals surface area contributed by atoms with Gasteiger partial charge in [0.15, 0.2) is 11.6 Å². The van der Waals surface area contributed by atoms with Crippen molar-refractivity contribution in [2.75, 3.05) is 7.05 Å². The molecule has 138 valence electrons. The van der Waals surface area contributed by atoms with E-state index in [9.17, 15) is 18.4 Å². The fourth-order valence-corrected chi connectivity index (χ4v) is 2.64. The molecule has 0 heterocycles. The highest BCUT2D eigenvalue weighted by Gasteiger charge is 2.23. The molecule has 0 aromatic heterocycles. The van der Waals surface area contributed by atoms with E-state index in [-0.39, 0.29) is 12.3 Å². The molecule has 2 aromatic carbocycles. The summed E-state index contributed by atoms with van der Waals surface area (Å²) < 4.78 is 26.5. The lowest BCUT2D eigenvalue weighted by atomic mass is 10.0. The predicted molar refractivity (Wildman–Crippen MR) is 94.1 cm³/mol. The van der Waals surface area contributed by atoms with Crippen molar-refractivity contribution in [1.82, 2.24) is 10.2 Å². The summed E-state index contributed by atoms with van der Waals surface area (Å²) in [6.07, 6.45) is -0.0164. The number of primary amides is 1. The van der Waals surface area contributed by atoms with Crippen LogP contribution in [-0.4, -0.2) is 23.9 Å². The fourth-order valence-electron chi connectivity index (χ4n) is 2.64. The summed E-state index contributed by atoms with van der Waals surface area (Å²) in [6, 6.07) is 10.7. The minimum atomic E-state index is -0.965. The molecule has 2 aromatic rings. The number of carbonyl (C=O) groups excluding carboxylic acids is 2. The Labute approximate surface area is 150 Å². The first kappa shape index (κ1) is 19.4. The number of nitrogens with zero attached hydrogens (tertiary/aromatic N) is 1. The van der Waals surface area contributed by atoms with Crippen molar-refractivity contribution < 1.29 is 18.4 Å². The maximum atomic E-state index is 13.4. The van der Waals surface area contributed by atoms with Gasteiger partial charge in [-0.15, -0.1) is 0 Å². The smallest absolute Gasteiger partial charge is 0.312 e. The van der Waals surface area contributed by atoms with Gasteiger partial charge in [0.2, 0.25) is 5.91 Å². The van der Waals surface area contributed by atoms with Crippen LogP contribution in [-0.2, 0) is 4.79 Å². The van der Waals surface area contributed by atoms with Gasteiger partial charge in [0.05, 0.1) is 18.5 Å². The van der Waals surface area contributed by atoms with E-state index in [0.717, 1.165) is 17.7 Å². The Hall–Kier alpha value is -2.96. The molecule has 2 atom stereocenters. The quantitative estimate of drug-likeness (QED) is 0.828. The molecule has 0 bridgehead atoms. The van der Waals surface area contributed by atoms with E-state index in [4.69, 9.17) is 5.73 Å². The zero-order valence-electron chi connectivity index (χ0n) is 14.6. The van der Waals surface area contributed by atoms with Gasteiger partial charge >= 0.3 is 6.03 Å². The van der Waals surface area contributed by atoms with E-state index in [0.29, 0.717) is 5.56 Å². The molecular weight excluding hydrogens is 340 g/mol. The van der Waals surface area contributed by atoms with Crippen LogP contribution in [0.15, 0.2) is 48.5 Å². The second-order valence-corrected chi connectivity index (χ2v) is 6.03. The lowest BCUT2D eigenvalue weighted by Gasteiger charge is -2.27. The van der Waals surface area contributed by atoms with E-state index in [1.165, 1.54) is 11.0 Å². The van der Waals surface area contributed by atoms with Crippen LogP contribution in [0.2, 0.25) is 0 Å². The first-order chi connectivity index (χ1) is 12.3. The van der Waals surface area contributed by atoms with Gasteiger partial charge in [-0.25, -0.2) is 13.6 Å². The monoisotopic (exact) mass is 361 g/mol. The summed E-state index contributed by atoms with van der Waals surface area (Å²) in [6.45, 7) is 1.71. The van der Waals surface area contributed by atoms with Crippen LogP contribution >= 0.6 is 0 Å². The number of hydrogen-bond donors (Lipinski definition) is 2.